The fourth-order valence-electron chi connectivity index (χ4n) is 9.15. The van der Waals surface area contributed by atoms with E-state index < -0.39 is 0 Å². The van der Waals surface area contributed by atoms with Gasteiger partial charge in [-0.1, -0.05) is 164 Å². The third-order valence-electron chi connectivity index (χ3n) is 11.9. The molecule has 0 saturated heterocycles. The smallest absolute Gasteiger partial charge is 0.160 e. The summed E-state index contributed by atoms with van der Waals surface area (Å²) in [5, 5.41) is 12.4. The normalized spacial score (nSPS) is 11.7. The molecule has 0 atom stereocenters. The Morgan fingerprint density at radius 2 is 0.780 bits per heavy atom. The zero-order chi connectivity index (χ0) is 38.9. The van der Waals surface area contributed by atoms with Gasteiger partial charge in [0.2, 0.25) is 0 Å². The van der Waals surface area contributed by atoms with Crippen LogP contribution in [-0.2, 0) is 0 Å². The van der Waals surface area contributed by atoms with Gasteiger partial charge in [0.05, 0.1) is 22.4 Å². The zero-order valence-electron chi connectivity index (χ0n) is 32.0. The van der Waals surface area contributed by atoms with Crippen molar-refractivity contribution in [2.75, 3.05) is 0 Å². The van der Waals surface area contributed by atoms with Gasteiger partial charge in [0.15, 0.2) is 5.82 Å². The van der Waals surface area contributed by atoms with Crippen LogP contribution in [0.3, 0.4) is 0 Å². The van der Waals surface area contributed by atoms with E-state index in [1.54, 1.807) is 0 Å². The molecule has 2 heterocycles. The molecule has 12 aromatic rings. The van der Waals surface area contributed by atoms with Gasteiger partial charge in [0, 0.05) is 33.2 Å². The van der Waals surface area contributed by atoms with Crippen molar-refractivity contribution in [2.24, 2.45) is 0 Å². The minimum absolute atomic E-state index is 0.676. The van der Waals surface area contributed by atoms with Gasteiger partial charge in [-0.25, -0.2) is 9.97 Å². The molecule has 0 aliphatic rings. The molecule has 59 heavy (non-hydrogen) atoms. The zero-order valence-corrected chi connectivity index (χ0v) is 32.0. The Balaban J connectivity index is 1.14. The molecule has 0 spiro atoms. The van der Waals surface area contributed by atoms with Gasteiger partial charge in [-0.15, -0.1) is 0 Å². The Kier molecular flexibility index (Phi) is 7.54. The topological polar surface area (TPSA) is 30.7 Å². The van der Waals surface area contributed by atoms with Crippen LogP contribution in [0.1, 0.15) is 0 Å². The van der Waals surface area contributed by atoms with Crippen LogP contribution in [0, 0.1) is 0 Å². The van der Waals surface area contributed by atoms with Crippen molar-refractivity contribution in [3.63, 3.8) is 0 Å². The van der Waals surface area contributed by atoms with Crippen molar-refractivity contribution in [1.29, 1.82) is 0 Å². The number of fused-ring (bicyclic) bond motifs is 10. The Morgan fingerprint density at radius 1 is 0.271 bits per heavy atom. The molecule has 0 aliphatic carbocycles. The van der Waals surface area contributed by atoms with E-state index in [4.69, 9.17) is 9.97 Å². The van der Waals surface area contributed by atoms with E-state index in [1.807, 2.05) is 6.07 Å². The number of hydrogen-bond donors (Lipinski definition) is 0. The lowest BCUT2D eigenvalue weighted by molar-refractivity contribution is 1.16. The maximum absolute atomic E-state index is 5.39. The molecule has 0 N–H and O–H groups in total. The Hall–Kier alpha value is -7.88. The van der Waals surface area contributed by atoms with E-state index in [2.05, 4.69) is 211 Å². The highest BCUT2D eigenvalue weighted by molar-refractivity contribution is 6.25. The second kappa shape index (κ2) is 13.4. The molecule has 0 saturated carbocycles. The van der Waals surface area contributed by atoms with Crippen molar-refractivity contribution < 1.29 is 0 Å². The summed E-state index contributed by atoms with van der Waals surface area (Å²) in [7, 11) is 0. The molecule has 0 aliphatic heterocycles. The van der Waals surface area contributed by atoms with Crippen molar-refractivity contribution in [3.05, 3.63) is 212 Å². The van der Waals surface area contributed by atoms with Crippen molar-refractivity contribution in [2.45, 2.75) is 0 Å². The number of nitrogens with zero attached hydrogens (tertiary/aromatic N) is 3. The van der Waals surface area contributed by atoms with Gasteiger partial charge in [-0.2, -0.15) is 0 Å². The SMILES string of the molecule is c1ccc(-c2cc(-c3ccc4ccccc4c3)nc(-c3cc(-c4ccc5c6ccccc6c6ccccc6c5c4)cc(-n4c5ccccc5c5ccccc54)c3)n2)cc1. The van der Waals surface area contributed by atoms with Crippen LogP contribution in [0.4, 0.5) is 0 Å². The summed E-state index contributed by atoms with van der Waals surface area (Å²) in [4.78, 5) is 10.7. The number of para-hydroxylation sites is 2. The summed E-state index contributed by atoms with van der Waals surface area (Å²) in [6.07, 6.45) is 0. The van der Waals surface area contributed by atoms with Gasteiger partial charge in [-0.3, -0.25) is 0 Å². The molecule has 274 valence electrons. The molecule has 10 aromatic carbocycles. The fraction of sp³-hybridized carbons (Fsp3) is 0. The van der Waals surface area contributed by atoms with Crippen molar-refractivity contribution in [1.82, 2.24) is 14.5 Å². The maximum atomic E-state index is 5.39. The van der Waals surface area contributed by atoms with Gasteiger partial charge >= 0.3 is 0 Å². The van der Waals surface area contributed by atoms with Crippen molar-refractivity contribution in [3.8, 4) is 50.7 Å². The third kappa shape index (κ3) is 5.51. The number of hydrogen-bond acceptors (Lipinski definition) is 2. The minimum atomic E-state index is 0.676. The first kappa shape index (κ1) is 33.3. The summed E-state index contributed by atoms with van der Waals surface area (Å²) in [6, 6.07) is 76.4. The molecule has 0 amide bonds. The molecule has 0 unspecified atom stereocenters. The highest BCUT2D eigenvalue weighted by Gasteiger charge is 2.18. The highest BCUT2D eigenvalue weighted by atomic mass is 15.0. The van der Waals surface area contributed by atoms with Crippen LogP contribution in [0.25, 0.3) is 116 Å². The van der Waals surface area contributed by atoms with E-state index in [0.29, 0.717) is 5.82 Å². The van der Waals surface area contributed by atoms with Gasteiger partial charge < -0.3 is 4.57 Å². The summed E-state index contributed by atoms with van der Waals surface area (Å²) in [5.74, 6) is 0.676. The summed E-state index contributed by atoms with van der Waals surface area (Å²) >= 11 is 0. The molecular formula is C56H35N3. The molecule has 3 heteroatoms. The van der Waals surface area contributed by atoms with Gasteiger partial charge in [-0.05, 0) is 103 Å². The van der Waals surface area contributed by atoms with Crippen LogP contribution < -0.4 is 0 Å². The lowest BCUT2D eigenvalue weighted by Crippen LogP contribution is -1.99. The van der Waals surface area contributed by atoms with E-state index in [1.165, 1.54) is 53.9 Å². The van der Waals surface area contributed by atoms with Crippen LogP contribution in [0.5, 0.6) is 0 Å². The molecule has 0 radical (unpaired) electrons. The lowest BCUT2D eigenvalue weighted by Gasteiger charge is -2.16. The van der Waals surface area contributed by atoms with Crippen LogP contribution in [0.2, 0.25) is 0 Å². The number of rotatable bonds is 5. The standard InChI is InChI=1S/C56H35N3/c1-2-15-37(16-3-1)52-35-53(40-27-26-36-14-4-5-17-38(36)30-40)58-56(57-52)42-31-41(32-43(33-42)59-54-24-12-10-22-49(54)50-23-11-13-25-55(50)59)39-28-29-48-46-20-7-6-18-44(46)45-19-8-9-21-47(45)51(48)34-39/h1-35H. The van der Waals surface area contributed by atoms with E-state index in [0.717, 1.165) is 55.9 Å². The van der Waals surface area contributed by atoms with Crippen LogP contribution in [0.15, 0.2) is 212 Å². The lowest BCUT2D eigenvalue weighted by atomic mass is 9.91. The molecular weight excluding hydrogens is 715 g/mol. The third-order valence-corrected chi connectivity index (χ3v) is 11.9. The average Bonchev–Trinajstić information content (AvgIpc) is 3.66. The Morgan fingerprint density at radius 3 is 1.46 bits per heavy atom. The second-order valence-electron chi connectivity index (χ2n) is 15.4. The Bertz CT molecular complexity index is 3530. The van der Waals surface area contributed by atoms with Crippen LogP contribution in [-0.4, -0.2) is 14.5 Å². The van der Waals surface area contributed by atoms with Gasteiger partial charge in [0.25, 0.3) is 0 Å². The summed E-state index contributed by atoms with van der Waals surface area (Å²) < 4.78 is 2.40. The van der Waals surface area contributed by atoms with E-state index in [-0.39, 0.29) is 0 Å². The monoisotopic (exact) mass is 749 g/mol. The highest BCUT2D eigenvalue weighted by Crippen LogP contribution is 2.40. The quantitative estimate of drug-likeness (QED) is 0.164. The van der Waals surface area contributed by atoms with E-state index in [9.17, 15) is 0 Å². The summed E-state index contributed by atoms with van der Waals surface area (Å²) in [6.45, 7) is 0. The molecule has 12 rings (SSSR count). The maximum Gasteiger partial charge on any atom is 0.160 e. The minimum Gasteiger partial charge on any atom is -0.309 e. The molecule has 0 bridgehead atoms. The summed E-state index contributed by atoms with van der Waals surface area (Å²) in [5.41, 5.74) is 10.4. The number of benzene rings is 10. The molecule has 0 fully saturated rings. The van der Waals surface area contributed by atoms with Crippen molar-refractivity contribution >= 4 is 64.9 Å². The first-order valence-electron chi connectivity index (χ1n) is 20.1. The van der Waals surface area contributed by atoms with Gasteiger partial charge in [0.1, 0.15) is 0 Å². The average molecular weight is 750 g/mol. The number of aromatic nitrogens is 3. The largest absolute Gasteiger partial charge is 0.309 e. The first-order valence-corrected chi connectivity index (χ1v) is 20.1. The predicted molar refractivity (Wildman–Crippen MR) is 248 cm³/mol. The second-order valence-corrected chi connectivity index (χ2v) is 15.4. The molecule has 3 nitrogen and oxygen atoms in total. The van der Waals surface area contributed by atoms with Crippen LogP contribution >= 0.6 is 0 Å². The van der Waals surface area contributed by atoms with E-state index >= 15 is 0 Å². The predicted octanol–water partition coefficient (Wildman–Crippen LogP) is 14.9. The Labute approximate surface area is 341 Å². The molecule has 2 aromatic heterocycles. The fourth-order valence-corrected chi connectivity index (χ4v) is 9.15. The first-order chi connectivity index (χ1) is 29.2.